The topological polar surface area (TPSA) is 68.3 Å². The Morgan fingerprint density at radius 3 is 2.75 bits per heavy atom. The summed E-state index contributed by atoms with van der Waals surface area (Å²) >= 11 is 1.72. The van der Waals surface area contributed by atoms with Crippen LogP contribution in [0.15, 0.2) is 53.9 Å². The fourth-order valence-corrected chi connectivity index (χ4v) is 5.61. The number of aryl methyl sites for hydroxylation is 1. The smallest absolute Gasteiger partial charge is 0.254 e. The molecule has 0 unspecified atom stereocenters. The van der Waals surface area contributed by atoms with Gasteiger partial charge in [-0.25, -0.2) is 0 Å². The zero-order valence-corrected chi connectivity index (χ0v) is 21.5. The first kappa shape index (κ1) is 24.2. The van der Waals surface area contributed by atoms with E-state index in [-0.39, 0.29) is 37.2 Å². The maximum atomic E-state index is 13.7. The normalized spacial score (nSPS) is 16.1. The Bertz CT molecular complexity index is 1270. The van der Waals surface area contributed by atoms with Gasteiger partial charge in [0.1, 0.15) is 18.9 Å². The molecule has 1 aromatic heterocycles. The molecular weight excluding hydrogens is 476 g/mol. The average Bonchev–Trinajstić information content (AvgIpc) is 3.55. The Balaban J connectivity index is 1.35. The number of para-hydroxylation sites is 1. The first-order chi connectivity index (χ1) is 17.4. The van der Waals surface area contributed by atoms with Gasteiger partial charge in [0.2, 0.25) is 12.7 Å². The molecule has 3 heterocycles. The molecule has 5 rings (SSSR count). The van der Waals surface area contributed by atoms with Crippen LogP contribution in [-0.4, -0.2) is 54.1 Å². The van der Waals surface area contributed by atoms with Gasteiger partial charge in [-0.1, -0.05) is 18.2 Å². The predicted molar refractivity (Wildman–Crippen MR) is 138 cm³/mol. The molecule has 0 saturated carbocycles. The van der Waals surface area contributed by atoms with Crippen molar-refractivity contribution in [1.82, 2.24) is 9.80 Å². The minimum Gasteiger partial charge on any atom is -0.491 e. The summed E-state index contributed by atoms with van der Waals surface area (Å²) in [6, 6.07) is 14.7. The summed E-state index contributed by atoms with van der Waals surface area (Å²) in [5.74, 6) is 1.68. The molecule has 8 heteroatoms. The monoisotopic (exact) mass is 506 g/mol. The van der Waals surface area contributed by atoms with Crippen LogP contribution in [0, 0.1) is 6.92 Å². The van der Waals surface area contributed by atoms with Gasteiger partial charge >= 0.3 is 0 Å². The third-order valence-electron chi connectivity index (χ3n) is 6.71. The van der Waals surface area contributed by atoms with Crippen LogP contribution in [-0.2, 0) is 11.2 Å². The van der Waals surface area contributed by atoms with Crippen LogP contribution in [0.25, 0.3) is 0 Å². The lowest BCUT2D eigenvalue weighted by Crippen LogP contribution is -2.49. The minimum atomic E-state index is -0.211. The number of hydrogen-bond acceptors (Lipinski definition) is 6. The second-order valence-electron chi connectivity index (χ2n) is 9.32. The van der Waals surface area contributed by atoms with Crippen LogP contribution in [0.4, 0.5) is 0 Å². The standard InChI is InChI=1S/C28H30N2O5S/c1-18(2)30(28(32)20-8-9-24-25(14-20)35-17-34-24)15-27(31)29-12-10-26-21(11-13-36-26)22(29)16-33-23-7-5-4-6-19(23)3/h4-9,11,13-14,18,22H,10,12,15-17H2,1-3H3/t22-/m1/s1. The highest BCUT2D eigenvalue weighted by atomic mass is 32.1. The van der Waals surface area contributed by atoms with Crippen LogP contribution in [0.3, 0.4) is 0 Å². The summed E-state index contributed by atoms with van der Waals surface area (Å²) in [6.07, 6.45) is 0.803. The molecule has 36 heavy (non-hydrogen) atoms. The Kier molecular flexibility index (Phi) is 6.87. The zero-order chi connectivity index (χ0) is 25.2. The van der Waals surface area contributed by atoms with Gasteiger partial charge in [0, 0.05) is 23.0 Å². The number of hydrogen-bond donors (Lipinski definition) is 0. The number of fused-ring (bicyclic) bond motifs is 2. The van der Waals surface area contributed by atoms with E-state index in [2.05, 4.69) is 11.4 Å². The van der Waals surface area contributed by atoms with Crippen molar-refractivity contribution in [3.8, 4) is 17.2 Å². The van der Waals surface area contributed by atoms with Crippen molar-refractivity contribution in [3.63, 3.8) is 0 Å². The summed E-state index contributed by atoms with van der Waals surface area (Å²) in [6.45, 7) is 6.94. The molecule has 2 aliphatic heterocycles. The molecule has 7 nitrogen and oxygen atoms in total. The van der Waals surface area contributed by atoms with Gasteiger partial charge < -0.3 is 24.0 Å². The van der Waals surface area contributed by atoms with Crippen molar-refractivity contribution >= 4 is 23.2 Å². The fourth-order valence-electron chi connectivity index (χ4n) is 4.68. The lowest BCUT2D eigenvalue weighted by molar-refractivity contribution is -0.136. The average molecular weight is 507 g/mol. The van der Waals surface area contributed by atoms with Gasteiger partial charge in [-0.15, -0.1) is 11.3 Å². The van der Waals surface area contributed by atoms with Crippen LogP contribution >= 0.6 is 11.3 Å². The highest BCUT2D eigenvalue weighted by Crippen LogP contribution is 2.35. The minimum absolute atomic E-state index is 0.00865. The van der Waals surface area contributed by atoms with Gasteiger partial charge in [0.05, 0.1) is 6.04 Å². The van der Waals surface area contributed by atoms with E-state index in [0.717, 1.165) is 23.3 Å². The summed E-state index contributed by atoms with van der Waals surface area (Å²) in [4.78, 5) is 31.9. The van der Waals surface area contributed by atoms with Gasteiger partial charge in [-0.2, -0.15) is 0 Å². The van der Waals surface area contributed by atoms with E-state index in [1.54, 1.807) is 34.4 Å². The maximum Gasteiger partial charge on any atom is 0.254 e. The SMILES string of the molecule is Cc1ccccc1OC[C@@H]1c2ccsc2CCN1C(=O)CN(C(=O)c1ccc2c(c1)OCO2)C(C)C. The summed E-state index contributed by atoms with van der Waals surface area (Å²) in [5.41, 5.74) is 2.65. The van der Waals surface area contributed by atoms with E-state index in [9.17, 15) is 9.59 Å². The number of amides is 2. The Morgan fingerprint density at radius 1 is 1.14 bits per heavy atom. The van der Waals surface area contributed by atoms with E-state index in [1.807, 2.05) is 49.9 Å². The molecule has 0 N–H and O–H groups in total. The van der Waals surface area contributed by atoms with Crippen LogP contribution in [0.2, 0.25) is 0 Å². The Hall–Kier alpha value is -3.52. The molecule has 3 aromatic rings. The molecule has 0 aliphatic carbocycles. The maximum absolute atomic E-state index is 13.7. The van der Waals surface area contributed by atoms with Crippen molar-refractivity contribution in [3.05, 3.63) is 75.5 Å². The van der Waals surface area contributed by atoms with Crippen molar-refractivity contribution in [1.29, 1.82) is 0 Å². The molecule has 0 spiro atoms. The first-order valence-electron chi connectivity index (χ1n) is 12.2. The van der Waals surface area contributed by atoms with E-state index in [4.69, 9.17) is 14.2 Å². The Labute approximate surface area is 215 Å². The largest absolute Gasteiger partial charge is 0.491 e. The fraction of sp³-hybridized carbons (Fsp3) is 0.357. The molecular formula is C28H30N2O5S. The van der Waals surface area contributed by atoms with Crippen molar-refractivity contribution in [2.24, 2.45) is 0 Å². The third kappa shape index (κ3) is 4.78. The Morgan fingerprint density at radius 2 is 1.94 bits per heavy atom. The molecule has 2 aliphatic rings. The molecule has 0 radical (unpaired) electrons. The molecule has 2 amide bonds. The molecule has 2 aromatic carbocycles. The number of thiophene rings is 1. The molecule has 1 atom stereocenters. The summed E-state index contributed by atoms with van der Waals surface area (Å²) in [7, 11) is 0. The van der Waals surface area contributed by atoms with Gasteiger partial charge in [0.15, 0.2) is 11.5 Å². The van der Waals surface area contributed by atoms with Crippen molar-refractivity contribution < 1.29 is 23.8 Å². The molecule has 0 bridgehead atoms. The molecule has 188 valence electrons. The lowest BCUT2D eigenvalue weighted by atomic mass is 10.00. The predicted octanol–water partition coefficient (Wildman–Crippen LogP) is 4.84. The van der Waals surface area contributed by atoms with Crippen LogP contribution in [0.1, 0.15) is 46.3 Å². The van der Waals surface area contributed by atoms with Crippen molar-refractivity contribution in [2.75, 3.05) is 26.5 Å². The number of nitrogens with zero attached hydrogens (tertiary/aromatic N) is 2. The summed E-state index contributed by atoms with van der Waals surface area (Å²) < 4.78 is 17.0. The van der Waals surface area contributed by atoms with Crippen molar-refractivity contribution in [2.45, 2.75) is 39.3 Å². The second kappa shape index (κ2) is 10.2. The van der Waals surface area contributed by atoms with Gasteiger partial charge in [0.25, 0.3) is 5.91 Å². The number of benzene rings is 2. The first-order valence-corrected chi connectivity index (χ1v) is 13.0. The molecule has 0 saturated heterocycles. The molecule has 0 fully saturated rings. The third-order valence-corrected chi connectivity index (χ3v) is 7.71. The van der Waals surface area contributed by atoms with E-state index >= 15 is 0 Å². The van der Waals surface area contributed by atoms with E-state index < -0.39 is 0 Å². The van der Waals surface area contributed by atoms with Crippen LogP contribution in [0.5, 0.6) is 17.2 Å². The number of rotatable bonds is 7. The number of carbonyl (C=O) groups excluding carboxylic acids is 2. The van der Waals surface area contributed by atoms with Gasteiger partial charge in [-0.3, -0.25) is 9.59 Å². The van der Waals surface area contributed by atoms with E-state index in [1.165, 1.54) is 4.88 Å². The highest BCUT2D eigenvalue weighted by molar-refractivity contribution is 7.10. The highest BCUT2D eigenvalue weighted by Gasteiger charge is 2.34. The number of carbonyl (C=O) groups is 2. The van der Waals surface area contributed by atoms with Crippen LogP contribution < -0.4 is 14.2 Å². The quantitative estimate of drug-likeness (QED) is 0.459. The van der Waals surface area contributed by atoms with E-state index in [0.29, 0.717) is 30.2 Å². The zero-order valence-electron chi connectivity index (χ0n) is 20.7. The van der Waals surface area contributed by atoms with Gasteiger partial charge in [-0.05, 0) is 74.0 Å². The second-order valence-corrected chi connectivity index (χ2v) is 10.3. The number of ether oxygens (including phenoxy) is 3. The summed E-state index contributed by atoms with van der Waals surface area (Å²) in [5, 5.41) is 2.07. The lowest BCUT2D eigenvalue weighted by Gasteiger charge is -2.37.